The van der Waals surface area contributed by atoms with Crippen molar-refractivity contribution >= 4 is 17.2 Å². The molecule has 1 atom stereocenters. The lowest BCUT2D eigenvalue weighted by Gasteiger charge is -2.27. The van der Waals surface area contributed by atoms with E-state index in [4.69, 9.17) is 0 Å². The van der Waals surface area contributed by atoms with Gasteiger partial charge in [0.05, 0.1) is 18.2 Å². The quantitative estimate of drug-likeness (QED) is 0.606. The topological polar surface area (TPSA) is 33.2 Å². The molecule has 0 fully saturated rings. The molecule has 1 amide bonds. The Kier molecular flexibility index (Phi) is 5.78. The lowest BCUT2D eigenvalue weighted by atomic mass is 10.0. The minimum absolute atomic E-state index is 0.00564. The summed E-state index contributed by atoms with van der Waals surface area (Å²) in [5.41, 5.74) is 2.77. The van der Waals surface area contributed by atoms with Crippen LogP contribution in [0, 0.1) is 5.82 Å². The molecule has 3 rings (SSSR count). The first-order valence-electron chi connectivity index (χ1n) is 8.59. The normalized spacial score (nSPS) is 12.0. The second-order valence-corrected chi connectivity index (χ2v) is 7.03. The van der Waals surface area contributed by atoms with E-state index < -0.39 is 0 Å². The number of rotatable bonds is 6. The number of hydrogen-bond donors (Lipinski definition) is 0. The number of carbonyl (C=O) groups is 1. The largest absolute Gasteiger partial charge is 0.338 e. The van der Waals surface area contributed by atoms with Crippen LogP contribution in [-0.2, 0) is 11.2 Å². The van der Waals surface area contributed by atoms with Crippen molar-refractivity contribution in [2.45, 2.75) is 25.8 Å². The molecule has 1 aromatic heterocycles. The first-order valence-corrected chi connectivity index (χ1v) is 9.47. The van der Waals surface area contributed by atoms with Crippen molar-refractivity contribution in [3.63, 3.8) is 0 Å². The molecule has 2 aromatic carbocycles. The van der Waals surface area contributed by atoms with Crippen LogP contribution < -0.4 is 0 Å². The number of aromatic nitrogens is 1. The van der Waals surface area contributed by atoms with Crippen molar-refractivity contribution in [3.05, 3.63) is 77.1 Å². The summed E-state index contributed by atoms with van der Waals surface area (Å²) in [5.74, 6) is -0.264. The molecule has 5 heteroatoms. The second-order valence-electron chi connectivity index (χ2n) is 6.17. The molecular formula is C21H21FN2OS. The molecule has 0 radical (unpaired) electrons. The van der Waals surface area contributed by atoms with Crippen molar-refractivity contribution in [1.29, 1.82) is 0 Å². The van der Waals surface area contributed by atoms with Crippen molar-refractivity contribution in [1.82, 2.24) is 9.88 Å². The Labute approximate surface area is 157 Å². The standard InChI is InChI=1S/C21H21FN2OS/c1-3-19(15-9-11-17(22)12-10-15)24(2)20(25)13-18-14-26-21(23-18)16-7-5-4-6-8-16/h4-12,14,19H,3,13H2,1-2H3/t19-/m0/s1. The van der Waals surface area contributed by atoms with E-state index in [-0.39, 0.29) is 24.2 Å². The van der Waals surface area contributed by atoms with Gasteiger partial charge in [0.2, 0.25) is 5.91 Å². The molecule has 0 unspecified atom stereocenters. The van der Waals surface area contributed by atoms with E-state index in [1.807, 2.05) is 42.6 Å². The summed E-state index contributed by atoms with van der Waals surface area (Å²) in [4.78, 5) is 19.0. The third-order valence-electron chi connectivity index (χ3n) is 4.41. The summed E-state index contributed by atoms with van der Waals surface area (Å²) in [6.45, 7) is 2.02. The van der Waals surface area contributed by atoms with Crippen LogP contribution in [0.15, 0.2) is 60.0 Å². The molecule has 134 valence electrons. The number of hydrogen-bond acceptors (Lipinski definition) is 3. The summed E-state index contributed by atoms with van der Waals surface area (Å²) in [6.07, 6.45) is 1.03. The minimum atomic E-state index is -0.270. The zero-order valence-electron chi connectivity index (χ0n) is 14.9. The lowest BCUT2D eigenvalue weighted by Crippen LogP contribution is -2.32. The molecule has 0 aliphatic rings. The molecule has 0 bridgehead atoms. The highest BCUT2D eigenvalue weighted by Crippen LogP contribution is 2.26. The van der Waals surface area contributed by atoms with Gasteiger partial charge in [0, 0.05) is 18.0 Å². The average Bonchev–Trinajstić information content (AvgIpc) is 3.13. The van der Waals surface area contributed by atoms with Crippen LogP contribution >= 0.6 is 11.3 Å². The molecule has 0 aliphatic carbocycles. The highest BCUT2D eigenvalue weighted by atomic mass is 32.1. The summed E-state index contributed by atoms with van der Waals surface area (Å²) in [7, 11) is 1.80. The average molecular weight is 368 g/mol. The number of carbonyl (C=O) groups excluding carboxylic acids is 1. The third-order valence-corrected chi connectivity index (χ3v) is 5.35. The van der Waals surface area contributed by atoms with Crippen LogP contribution in [0.1, 0.15) is 30.6 Å². The number of likely N-dealkylation sites (N-methyl/N-ethyl adjacent to an activating group) is 1. The van der Waals surface area contributed by atoms with Crippen molar-refractivity contribution in [2.75, 3.05) is 7.05 Å². The zero-order valence-corrected chi connectivity index (χ0v) is 15.7. The van der Waals surface area contributed by atoms with Crippen molar-refractivity contribution < 1.29 is 9.18 Å². The van der Waals surface area contributed by atoms with Crippen LogP contribution in [0.2, 0.25) is 0 Å². The fourth-order valence-corrected chi connectivity index (χ4v) is 3.80. The first kappa shape index (κ1) is 18.3. The molecular weight excluding hydrogens is 347 g/mol. The van der Waals surface area contributed by atoms with Gasteiger partial charge in [-0.2, -0.15) is 0 Å². The van der Waals surface area contributed by atoms with Crippen molar-refractivity contribution in [2.24, 2.45) is 0 Å². The Hall–Kier alpha value is -2.53. The van der Waals surface area contributed by atoms with Gasteiger partial charge in [0.1, 0.15) is 10.8 Å². The smallest absolute Gasteiger partial charge is 0.228 e. The van der Waals surface area contributed by atoms with Crippen LogP contribution in [0.3, 0.4) is 0 Å². The van der Waals surface area contributed by atoms with E-state index in [2.05, 4.69) is 4.98 Å². The maximum Gasteiger partial charge on any atom is 0.228 e. The van der Waals surface area contributed by atoms with Gasteiger partial charge in [0.25, 0.3) is 0 Å². The Morgan fingerprint density at radius 1 is 1.15 bits per heavy atom. The van der Waals surface area contributed by atoms with E-state index in [0.29, 0.717) is 0 Å². The lowest BCUT2D eigenvalue weighted by molar-refractivity contribution is -0.131. The summed E-state index contributed by atoms with van der Waals surface area (Å²) >= 11 is 1.54. The molecule has 0 aliphatic heterocycles. The van der Waals surface area contributed by atoms with Gasteiger partial charge in [-0.25, -0.2) is 9.37 Å². The van der Waals surface area contributed by atoms with Crippen LogP contribution in [0.25, 0.3) is 10.6 Å². The van der Waals surface area contributed by atoms with Crippen LogP contribution in [0.4, 0.5) is 4.39 Å². The summed E-state index contributed by atoms with van der Waals surface area (Å²) in [5, 5.41) is 2.86. The predicted molar refractivity (Wildman–Crippen MR) is 103 cm³/mol. The number of thiazole rings is 1. The van der Waals surface area contributed by atoms with Crippen LogP contribution in [0.5, 0.6) is 0 Å². The fourth-order valence-electron chi connectivity index (χ4n) is 2.97. The van der Waals surface area contributed by atoms with Gasteiger partial charge in [-0.3, -0.25) is 4.79 Å². The van der Waals surface area contributed by atoms with E-state index in [0.717, 1.165) is 28.2 Å². The number of nitrogens with zero attached hydrogens (tertiary/aromatic N) is 2. The Morgan fingerprint density at radius 3 is 2.50 bits per heavy atom. The van der Waals surface area contributed by atoms with Gasteiger partial charge in [-0.05, 0) is 24.1 Å². The van der Waals surface area contributed by atoms with E-state index in [1.54, 1.807) is 35.4 Å². The predicted octanol–water partition coefficient (Wildman–Crippen LogP) is 5.10. The van der Waals surface area contributed by atoms with Crippen LogP contribution in [-0.4, -0.2) is 22.8 Å². The molecule has 3 aromatic rings. The molecule has 0 spiro atoms. The fraction of sp³-hybridized carbons (Fsp3) is 0.238. The highest BCUT2D eigenvalue weighted by Gasteiger charge is 2.21. The molecule has 0 saturated carbocycles. The molecule has 3 nitrogen and oxygen atoms in total. The van der Waals surface area contributed by atoms with E-state index >= 15 is 0 Å². The third kappa shape index (κ3) is 4.17. The summed E-state index contributed by atoms with van der Waals surface area (Å²) < 4.78 is 13.2. The van der Waals surface area contributed by atoms with Gasteiger partial charge in [-0.1, -0.05) is 49.4 Å². The maximum atomic E-state index is 13.2. The number of amides is 1. The minimum Gasteiger partial charge on any atom is -0.338 e. The molecule has 0 saturated heterocycles. The molecule has 0 N–H and O–H groups in total. The maximum absolute atomic E-state index is 13.2. The molecule has 26 heavy (non-hydrogen) atoms. The van der Waals surface area contributed by atoms with Gasteiger partial charge in [-0.15, -0.1) is 11.3 Å². The zero-order chi connectivity index (χ0) is 18.5. The van der Waals surface area contributed by atoms with E-state index in [1.165, 1.54) is 12.1 Å². The van der Waals surface area contributed by atoms with Crippen molar-refractivity contribution in [3.8, 4) is 10.6 Å². The monoisotopic (exact) mass is 368 g/mol. The highest BCUT2D eigenvalue weighted by molar-refractivity contribution is 7.13. The SMILES string of the molecule is CC[C@@H](c1ccc(F)cc1)N(C)C(=O)Cc1csc(-c2ccccc2)n1. The Bertz CT molecular complexity index is 861. The second kappa shape index (κ2) is 8.23. The van der Waals surface area contributed by atoms with Gasteiger partial charge in [0.15, 0.2) is 0 Å². The van der Waals surface area contributed by atoms with E-state index in [9.17, 15) is 9.18 Å². The Balaban J connectivity index is 1.70. The van der Waals surface area contributed by atoms with Gasteiger partial charge < -0.3 is 4.90 Å². The summed E-state index contributed by atoms with van der Waals surface area (Å²) in [6, 6.07) is 16.2. The van der Waals surface area contributed by atoms with Gasteiger partial charge >= 0.3 is 0 Å². The molecule has 1 heterocycles. The number of halogens is 1. The number of benzene rings is 2. The first-order chi connectivity index (χ1) is 12.6. The Morgan fingerprint density at radius 2 is 1.85 bits per heavy atom.